The first-order valence-corrected chi connectivity index (χ1v) is 7.28. The van der Waals surface area contributed by atoms with E-state index in [0.717, 1.165) is 38.0 Å². The highest BCUT2D eigenvalue weighted by Gasteiger charge is 2.22. The summed E-state index contributed by atoms with van der Waals surface area (Å²) < 4.78 is 0. The van der Waals surface area contributed by atoms with E-state index in [0.29, 0.717) is 12.5 Å². The summed E-state index contributed by atoms with van der Waals surface area (Å²) in [6.45, 7) is 6.93. The molecule has 1 fully saturated rings. The number of aryl methyl sites for hydroxylation is 1. The Balaban J connectivity index is 1.94. The average Bonchev–Trinajstić information content (AvgIpc) is 2.42. The molecular formula is C16H24N2O. The second-order valence-electron chi connectivity index (χ2n) is 5.38. The molecule has 0 bridgehead atoms. The molecule has 0 spiro atoms. The maximum atomic E-state index is 12.3. The van der Waals surface area contributed by atoms with Gasteiger partial charge in [-0.25, -0.2) is 0 Å². The Morgan fingerprint density at radius 1 is 1.32 bits per heavy atom. The van der Waals surface area contributed by atoms with Gasteiger partial charge in [-0.1, -0.05) is 37.6 Å². The second kappa shape index (κ2) is 6.71. The Kier molecular flexibility index (Phi) is 4.97. The fourth-order valence-corrected chi connectivity index (χ4v) is 2.60. The first-order chi connectivity index (χ1) is 9.20. The molecule has 0 saturated carbocycles. The maximum absolute atomic E-state index is 12.3. The summed E-state index contributed by atoms with van der Waals surface area (Å²) in [7, 11) is 0. The normalized spacial score (nSPS) is 19.5. The highest BCUT2D eigenvalue weighted by atomic mass is 16.2. The SMILES string of the molecule is CCCc1ccc(CC(=O)N2CCNCC2C)cc1. The van der Waals surface area contributed by atoms with Crippen LogP contribution in [0.1, 0.15) is 31.4 Å². The molecular weight excluding hydrogens is 236 g/mol. The molecule has 0 aliphatic carbocycles. The minimum atomic E-state index is 0.247. The molecule has 1 saturated heterocycles. The van der Waals surface area contributed by atoms with Crippen LogP contribution in [0.4, 0.5) is 0 Å². The topological polar surface area (TPSA) is 32.3 Å². The van der Waals surface area contributed by atoms with Crippen molar-refractivity contribution >= 4 is 5.91 Å². The van der Waals surface area contributed by atoms with Crippen molar-refractivity contribution in [3.63, 3.8) is 0 Å². The first kappa shape index (κ1) is 14.1. The Bertz CT molecular complexity index is 413. The zero-order chi connectivity index (χ0) is 13.7. The summed E-state index contributed by atoms with van der Waals surface area (Å²) in [6, 6.07) is 8.78. The molecule has 2 rings (SSSR count). The molecule has 1 amide bonds. The van der Waals surface area contributed by atoms with E-state index in [1.54, 1.807) is 0 Å². The zero-order valence-electron chi connectivity index (χ0n) is 12.0. The van der Waals surface area contributed by atoms with Crippen molar-refractivity contribution in [1.82, 2.24) is 10.2 Å². The molecule has 1 aliphatic heterocycles. The summed E-state index contributed by atoms with van der Waals surface area (Å²) in [4.78, 5) is 14.3. The predicted molar refractivity (Wildman–Crippen MR) is 78.2 cm³/mol. The lowest BCUT2D eigenvalue weighted by Crippen LogP contribution is -2.52. The van der Waals surface area contributed by atoms with Gasteiger partial charge in [-0.15, -0.1) is 0 Å². The van der Waals surface area contributed by atoms with E-state index >= 15 is 0 Å². The van der Waals surface area contributed by atoms with E-state index in [4.69, 9.17) is 0 Å². The van der Waals surface area contributed by atoms with Crippen LogP contribution in [-0.2, 0) is 17.6 Å². The Morgan fingerprint density at radius 3 is 2.63 bits per heavy atom. The van der Waals surface area contributed by atoms with Crippen molar-refractivity contribution in [1.29, 1.82) is 0 Å². The van der Waals surface area contributed by atoms with E-state index in [-0.39, 0.29) is 5.91 Å². The van der Waals surface area contributed by atoms with Crippen LogP contribution in [0.25, 0.3) is 0 Å². The molecule has 1 N–H and O–H groups in total. The van der Waals surface area contributed by atoms with E-state index in [2.05, 4.69) is 43.4 Å². The molecule has 1 atom stereocenters. The van der Waals surface area contributed by atoms with Crippen LogP contribution in [0.5, 0.6) is 0 Å². The van der Waals surface area contributed by atoms with Crippen molar-refractivity contribution in [2.75, 3.05) is 19.6 Å². The van der Waals surface area contributed by atoms with Crippen LogP contribution in [0.3, 0.4) is 0 Å². The van der Waals surface area contributed by atoms with Gasteiger partial charge in [0.1, 0.15) is 0 Å². The summed E-state index contributed by atoms with van der Waals surface area (Å²) in [6.07, 6.45) is 2.80. The zero-order valence-corrected chi connectivity index (χ0v) is 12.0. The van der Waals surface area contributed by atoms with Gasteiger partial charge >= 0.3 is 0 Å². The van der Waals surface area contributed by atoms with E-state index in [9.17, 15) is 4.79 Å². The number of nitrogens with zero attached hydrogens (tertiary/aromatic N) is 1. The standard InChI is InChI=1S/C16H24N2O/c1-3-4-14-5-7-15(8-6-14)11-16(19)18-10-9-17-12-13(18)2/h5-8,13,17H,3-4,9-12H2,1-2H3. The van der Waals surface area contributed by atoms with Crippen molar-refractivity contribution < 1.29 is 4.79 Å². The number of rotatable bonds is 4. The minimum absolute atomic E-state index is 0.247. The summed E-state index contributed by atoms with van der Waals surface area (Å²) in [5.41, 5.74) is 2.48. The number of nitrogens with one attached hydrogen (secondary N) is 1. The molecule has 0 aromatic heterocycles. The third-order valence-corrected chi connectivity index (χ3v) is 3.74. The van der Waals surface area contributed by atoms with Gasteiger partial charge in [0.05, 0.1) is 6.42 Å². The third kappa shape index (κ3) is 3.80. The fraction of sp³-hybridized carbons (Fsp3) is 0.562. The highest BCUT2D eigenvalue weighted by molar-refractivity contribution is 5.79. The van der Waals surface area contributed by atoms with Crippen molar-refractivity contribution in [2.45, 2.75) is 39.2 Å². The van der Waals surface area contributed by atoms with Gasteiger partial charge in [-0.2, -0.15) is 0 Å². The first-order valence-electron chi connectivity index (χ1n) is 7.28. The van der Waals surface area contributed by atoms with Crippen LogP contribution in [0, 0.1) is 0 Å². The molecule has 1 unspecified atom stereocenters. The number of benzene rings is 1. The van der Waals surface area contributed by atoms with Gasteiger partial charge in [0.25, 0.3) is 0 Å². The summed E-state index contributed by atoms with van der Waals surface area (Å²) in [5, 5.41) is 3.31. The van der Waals surface area contributed by atoms with Gasteiger partial charge in [0.15, 0.2) is 0 Å². The van der Waals surface area contributed by atoms with Gasteiger partial charge in [0, 0.05) is 25.7 Å². The largest absolute Gasteiger partial charge is 0.337 e. The highest BCUT2D eigenvalue weighted by Crippen LogP contribution is 2.10. The Morgan fingerprint density at radius 2 is 2.00 bits per heavy atom. The monoisotopic (exact) mass is 260 g/mol. The van der Waals surface area contributed by atoms with Crippen LogP contribution < -0.4 is 5.32 Å². The smallest absolute Gasteiger partial charge is 0.227 e. The van der Waals surface area contributed by atoms with Crippen LogP contribution >= 0.6 is 0 Å². The molecule has 1 aromatic rings. The van der Waals surface area contributed by atoms with Gasteiger partial charge in [0.2, 0.25) is 5.91 Å². The lowest BCUT2D eigenvalue weighted by atomic mass is 10.0. The fourth-order valence-electron chi connectivity index (χ4n) is 2.60. The summed E-state index contributed by atoms with van der Waals surface area (Å²) >= 11 is 0. The molecule has 0 radical (unpaired) electrons. The van der Waals surface area contributed by atoms with Crippen molar-refractivity contribution in [3.8, 4) is 0 Å². The average molecular weight is 260 g/mol. The Hall–Kier alpha value is -1.35. The molecule has 3 heteroatoms. The molecule has 3 nitrogen and oxygen atoms in total. The number of hydrogen-bond donors (Lipinski definition) is 1. The van der Waals surface area contributed by atoms with E-state index in [1.807, 2.05) is 4.90 Å². The molecule has 1 heterocycles. The maximum Gasteiger partial charge on any atom is 0.227 e. The van der Waals surface area contributed by atoms with Crippen LogP contribution in [0.2, 0.25) is 0 Å². The van der Waals surface area contributed by atoms with Gasteiger partial charge < -0.3 is 10.2 Å². The molecule has 1 aliphatic rings. The lowest BCUT2D eigenvalue weighted by molar-refractivity contribution is -0.133. The predicted octanol–water partition coefficient (Wildman–Crippen LogP) is 2.00. The number of carbonyl (C=O) groups is 1. The molecule has 19 heavy (non-hydrogen) atoms. The van der Waals surface area contributed by atoms with Crippen LogP contribution in [-0.4, -0.2) is 36.5 Å². The van der Waals surface area contributed by atoms with E-state index < -0.39 is 0 Å². The number of piperazine rings is 1. The van der Waals surface area contributed by atoms with Gasteiger partial charge in [-0.05, 0) is 24.5 Å². The molecule has 104 valence electrons. The summed E-state index contributed by atoms with van der Waals surface area (Å²) in [5.74, 6) is 0.247. The third-order valence-electron chi connectivity index (χ3n) is 3.74. The van der Waals surface area contributed by atoms with Crippen molar-refractivity contribution in [2.24, 2.45) is 0 Å². The molecule has 1 aromatic carbocycles. The van der Waals surface area contributed by atoms with E-state index in [1.165, 1.54) is 5.56 Å². The van der Waals surface area contributed by atoms with Gasteiger partial charge in [-0.3, -0.25) is 4.79 Å². The lowest BCUT2D eigenvalue weighted by Gasteiger charge is -2.34. The minimum Gasteiger partial charge on any atom is -0.337 e. The van der Waals surface area contributed by atoms with Crippen LogP contribution in [0.15, 0.2) is 24.3 Å². The van der Waals surface area contributed by atoms with Crippen molar-refractivity contribution in [3.05, 3.63) is 35.4 Å². The number of amides is 1. The number of hydrogen-bond acceptors (Lipinski definition) is 2. The Labute approximate surface area is 116 Å². The number of carbonyl (C=O) groups excluding carboxylic acids is 1. The quantitative estimate of drug-likeness (QED) is 0.898. The second-order valence-corrected chi connectivity index (χ2v) is 5.38.